The minimum atomic E-state index is -4.22. The highest BCUT2D eigenvalue weighted by Gasteiger charge is 2.52. The number of nitrogens with one attached hydrogen (secondary N) is 1. The van der Waals surface area contributed by atoms with Crippen LogP contribution in [0.5, 0.6) is 0 Å². The van der Waals surface area contributed by atoms with Crippen molar-refractivity contribution in [3.05, 3.63) is 16.8 Å². The van der Waals surface area contributed by atoms with Gasteiger partial charge in [0.05, 0.1) is 12.9 Å². The van der Waals surface area contributed by atoms with Gasteiger partial charge < -0.3 is 20.5 Å². The molecule has 0 aliphatic carbocycles. The van der Waals surface area contributed by atoms with Crippen molar-refractivity contribution in [2.75, 3.05) is 12.3 Å². The van der Waals surface area contributed by atoms with Gasteiger partial charge in [0.15, 0.2) is 11.9 Å². The maximum absolute atomic E-state index is 11.5. The Morgan fingerprint density at radius 2 is 2.30 bits per heavy atom. The predicted octanol–water partition coefficient (Wildman–Crippen LogP) is -1.52. The van der Waals surface area contributed by atoms with E-state index in [2.05, 4.69) is 19.5 Å². The molecule has 4 heterocycles. The Morgan fingerprint density at radius 3 is 3.09 bits per heavy atom. The Labute approximate surface area is 127 Å². The summed E-state index contributed by atoms with van der Waals surface area (Å²) in [7, 11) is -4.22. The van der Waals surface area contributed by atoms with Gasteiger partial charge in [-0.15, -0.1) is 0 Å². The van der Waals surface area contributed by atoms with E-state index in [9.17, 15) is 19.4 Å². The first-order valence-corrected chi connectivity index (χ1v) is 8.07. The summed E-state index contributed by atoms with van der Waals surface area (Å²) in [6.07, 6.45) is -2.82. The second kappa shape index (κ2) is 4.84. The SMILES string of the molecule is Nc1[nH]c(=O)nc2c1ncn2[C@@H]1O[C@@H]2COP(=O)(O)O[C@H]2[C@H]1O. The Balaban J connectivity index is 1.75. The van der Waals surface area contributed by atoms with Gasteiger partial charge in [-0.2, -0.15) is 4.98 Å². The van der Waals surface area contributed by atoms with E-state index >= 15 is 0 Å². The van der Waals surface area contributed by atoms with Crippen molar-refractivity contribution in [2.24, 2.45) is 0 Å². The van der Waals surface area contributed by atoms with E-state index in [0.29, 0.717) is 0 Å². The highest BCUT2D eigenvalue weighted by atomic mass is 31.2. The van der Waals surface area contributed by atoms with Crippen molar-refractivity contribution in [1.82, 2.24) is 19.5 Å². The fourth-order valence-corrected chi connectivity index (χ4v) is 3.67. The summed E-state index contributed by atoms with van der Waals surface area (Å²) in [4.78, 5) is 30.9. The van der Waals surface area contributed by atoms with Crippen molar-refractivity contribution in [1.29, 1.82) is 0 Å². The van der Waals surface area contributed by atoms with E-state index in [1.165, 1.54) is 10.9 Å². The zero-order valence-electron chi connectivity index (χ0n) is 11.4. The number of aliphatic hydroxyl groups excluding tert-OH is 1. The molecule has 4 rings (SSSR count). The van der Waals surface area contributed by atoms with Crippen molar-refractivity contribution in [3.8, 4) is 0 Å². The van der Waals surface area contributed by atoms with Crippen LogP contribution in [0.3, 0.4) is 0 Å². The smallest absolute Gasteiger partial charge is 0.386 e. The largest absolute Gasteiger partial charge is 0.472 e. The number of imidazole rings is 1. The van der Waals surface area contributed by atoms with Crippen LogP contribution in [0.1, 0.15) is 6.23 Å². The van der Waals surface area contributed by atoms with Crippen molar-refractivity contribution >= 4 is 24.8 Å². The number of rotatable bonds is 1. The second-order valence-corrected chi connectivity index (χ2v) is 6.58. The number of phosphoric acid groups is 1. The van der Waals surface area contributed by atoms with E-state index < -0.39 is 38.1 Å². The van der Waals surface area contributed by atoms with Gasteiger partial charge in [0.2, 0.25) is 0 Å². The lowest BCUT2D eigenvalue weighted by Gasteiger charge is -2.27. The Hall–Kier alpha value is -1.82. The zero-order valence-corrected chi connectivity index (χ0v) is 12.3. The molecule has 0 spiro atoms. The number of nitrogens with zero attached hydrogens (tertiary/aromatic N) is 3. The summed E-state index contributed by atoms with van der Waals surface area (Å²) in [6, 6.07) is 0. The van der Waals surface area contributed by atoms with Crippen LogP contribution in [0.25, 0.3) is 11.2 Å². The standard InChI is InChI=1S/C10H12N5O7P/c11-7-4-8(14-10(17)13-7)15(2-12-4)9-5(16)6-3(21-9)1-20-23(18,19)22-6/h2-3,5-6,9,16H,1H2,(H,18,19)(H3,11,13,14,17)/t3-,5-,6-,9-/m1/s1. The molecule has 5 atom stereocenters. The molecule has 0 saturated carbocycles. The maximum atomic E-state index is 11.5. The fraction of sp³-hybridized carbons (Fsp3) is 0.500. The van der Waals surface area contributed by atoms with Crippen molar-refractivity contribution in [2.45, 2.75) is 24.5 Å². The average molecular weight is 345 g/mol. The fourth-order valence-electron chi connectivity index (χ4n) is 2.71. The van der Waals surface area contributed by atoms with E-state index in [0.717, 1.165) is 0 Å². The highest BCUT2D eigenvalue weighted by Crippen LogP contribution is 2.52. The van der Waals surface area contributed by atoms with Gasteiger partial charge in [-0.3, -0.25) is 18.6 Å². The number of ether oxygens (including phenoxy) is 1. The van der Waals surface area contributed by atoms with Gasteiger partial charge >= 0.3 is 13.5 Å². The Bertz CT molecular complexity index is 880. The number of aromatic amines is 1. The second-order valence-electron chi connectivity index (χ2n) is 5.17. The van der Waals surface area contributed by atoms with Gasteiger partial charge in [-0.25, -0.2) is 14.3 Å². The molecule has 0 aromatic carbocycles. The number of H-pyrrole nitrogens is 1. The number of aliphatic hydroxyl groups is 1. The summed E-state index contributed by atoms with van der Waals surface area (Å²) in [5.41, 5.74) is 5.34. The molecular weight excluding hydrogens is 333 g/mol. The summed E-state index contributed by atoms with van der Waals surface area (Å²) in [5, 5.41) is 10.4. The van der Waals surface area contributed by atoms with Gasteiger partial charge in [-0.1, -0.05) is 0 Å². The molecule has 13 heteroatoms. The molecule has 2 fully saturated rings. The molecule has 5 N–H and O–H groups in total. The quantitative estimate of drug-likeness (QED) is 0.444. The molecule has 2 saturated heterocycles. The van der Waals surface area contributed by atoms with Crippen molar-refractivity contribution in [3.63, 3.8) is 0 Å². The lowest BCUT2D eigenvalue weighted by Crippen LogP contribution is -2.39. The normalized spacial score (nSPS) is 37.1. The highest BCUT2D eigenvalue weighted by molar-refractivity contribution is 7.47. The third-order valence-electron chi connectivity index (χ3n) is 3.71. The first-order valence-electron chi connectivity index (χ1n) is 6.57. The van der Waals surface area contributed by atoms with Crippen molar-refractivity contribution < 1.29 is 28.3 Å². The number of fused-ring (bicyclic) bond motifs is 2. The van der Waals surface area contributed by atoms with Crippen LogP contribution < -0.4 is 11.4 Å². The van der Waals surface area contributed by atoms with E-state index in [1.807, 2.05) is 0 Å². The van der Waals surface area contributed by atoms with Gasteiger partial charge in [0, 0.05) is 0 Å². The number of aromatic nitrogens is 4. The lowest BCUT2D eigenvalue weighted by atomic mass is 10.1. The zero-order chi connectivity index (χ0) is 16.4. The monoisotopic (exact) mass is 345 g/mol. The van der Waals surface area contributed by atoms with Crippen LogP contribution in [-0.4, -0.2) is 54.4 Å². The molecule has 0 radical (unpaired) electrons. The van der Waals surface area contributed by atoms with Gasteiger partial charge in [0.25, 0.3) is 0 Å². The molecule has 12 nitrogen and oxygen atoms in total. The third-order valence-corrected chi connectivity index (χ3v) is 4.70. The number of anilines is 1. The number of phosphoric ester groups is 1. The molecule has 2 aromatic heterocycles. The topological polar surface area (TPSA) is 175 Å². The van der Waals surface area contributed by atoms with Crippen LogP contribution in [0.4, 0.5) is 5.82 Å². The molecule has 1 unspecified atom stereocenters. The molecule has 2 aliphatic rings. The van der Waals surface area contributed by atoms with Crippen LogP contribution in [0.15, 0.2) is 11.1 Å². The van der Waals surface area contributed by atoms with E-state index in [-0.39, 0.29) is 23.6 Å². The molecule has 124 valence electrons. The minimum absolute atomic E-state index is 0.0306. The first kappa shape index (κ1) is 14.8. The van der Waals surface area contributed by atoms with Crippen LogP contribution >= 0.6 is 7.82 Å². The Morgan fingerprint density at radius 1 is 1.52 bits per heavy atom. The maximum Gasteiger partial charge on any atom is 0.472 e. The molecule has 2 aromatic rings. The van der Waals surface area contributed by atoms with Crippen LogP contribution in [0, 0.1) is 0 Å². The molecular formula is C10H12N5O7P. The number of hydrogen-bond acceptors (Lipinski definition) is 9. The third kappa shape index (κ3) is 2.27. The Kier molecular flexibility index (Phi) is 3.10. The summed E-state index contributed by atoms with van der Waals surface area (Å²) in [6.45, 7) is -0.214. The molecule has 23 heavy (non-hydrogen) atoms. The number of nitrogens with two attached hydrogens (primary N) is 1. The molecule has 0 bridgehead atoms. The van der Waals surface area contributed by atoms with Crippen LogP contribution in [0.2, 0.25) is 0 Å². The summed E-state index contributed by atoms with van der Waals surface area (Å²) < 4.78 is 27.9. The summed E-state index contributed by atoms with van der Waals surface area (Å²) in [5.74, 6) is 0.0306. The van der Waals surface area contributed by atoms with Gasteiger partial charge in [0.1, 0.15) is 29.6 Å². The van der Waals surface area contributed by atoms with E-state index in [1.54, 1.807) is 0 Å². The minimum Gasteiger partial charge on any atom is -0.386 e. The number of nitrogen functional groups attached to an aromatic ring is 1. The first-order chi connectivity index (χ1) is 10.9. The predicted molar refractivity (Wildman–Crippen MR) is 73.1 cm³/mol. The summed E-state index contributed by atoms with van der Waals surface area (Å²) >= 11 is 0. The van der Waals surface area contributed by atoms with Crippen LogP contribution in [-0.2, 0) is 18.3 Å². The molecule has 2 aliphatic heterocycles. The lowest BCUT2D eigenvalue weighted by molar-refractivity contribution is -0.0664. The average Bonchev–Trinajstić information content (AvgIpc) is 3.00. The molecule has 0 amide bonds. The van der Waals surface area contributed by atoms with E-state index in [4.69, 9.17) is 15.0 Å². The van der Waals surface area contributed by atoms with Gasteiger partial charge in [-0.05, 0) is 0 Å². The number of hydrogen-bond donors (Lipinski definition) is 4.